The second-order valence-electron chi connectivity index (χ2n) is 4.48. The Morgan fingerprint density at radius 1 is 0.955 bits per heavy atom. The summed E-state index contributed by atoms with van der Waals surface area (Å²) in [4.78, 5) is 11.9. The molecule has 2 aromatic carbocycles. The van der Waals surface area contributed by atoms with Crippen LogP contribution >= 0.6 is 0 Å². The van der Waals surface area contributed by atoms with E-state index in [4.69, 9.17) is 14.2 Å². The molecule has 116 valence electrons. The zero-order chi connectivity index (χ0) is 15.8. The zero-order valence-corrected chi connectivity index (χ0v) is 12.7. The fourth-order valence-corrected chi connectivity index (χ4v) is 1.91. The normalized spacial score (nSPS) is 9.91. The summed E-state index contributed by atoms with van der Waals surface area (Å²) in [6.07, 6.45) is 0. The summed E-state index contributed by atoms with van der Waals surface area (Å²) in [5.74, 6) is 1.90. The number of rotatable bonds is 7. The van der Waals surface area contributed by atoms with Crippen molar-refractivity contribution in [2.45, 2.75) is 0 Å². The van der Waals surface area contributed by atoms with Gasteiger partial charge in [0.2, 0.25) is 0 Å². The minimum atomic E-state index is -0.147. The molecule has 5 nitrogen and oxygen atoms in total. The summed E-state index contributed by atoms with van der Waals surface area (Å²) in [6, 6.07) is 14.3. The maximum Gasteiger partial charge on any atom is 0.251 e. The van der Waals surface area contributed by atoms with E-state index in [0.29, 0.717) is 30.2 Å². The van der Waals surface area contributed by atoms with Crippen molar-refractivity contribution < 1.29 is 19.0 Å². The number of hydrogen-bond acceptors (Lipinski definition) is 4. The number of methoxy groups -OCH3 is 2. The van der Waals surface area contributed by atoms with Crippen molar-refractivity contribution in [3.63, 3.8) is 0 Å². The highest BCUT2D eigenvalue weighted by atomic mass is 16.5. The smallest absolute Gasteiger partial charge is 0.251 e. The van der Waals surface area contributed by atoms with Gasteiger partial charge in [0.05, 0.1) is 20.8 Å². The molecule has 0 spiro atoms. The molecule has 1 N–H and O–H groups in total. The lowest BCUT2D eigenvalue weighted by atomic mass is 10.2. The van der Waals surface area contributed by atoms with Crippen molar-refractivity contribution in [3.05, 3.63) is 54.1 Å². The van der Waals surface area contributed by atoms with Crippen molar-refractivity contribution in [2.75, 3.05) is 27.4 Å². The molecule has 5 heteroatoms. The molecular weight excluding hydrogens is 282 g/mol. The molecule has 0 aromatic heterocycles. The number of carbonyl (C=O) groups is 1. The SMILES string of the molecule is COc1ccc(C(=O)NCCOc2ccccc2OC)cc1. The minimum Gasteiger partial charge on any atom is -0.497 e. The molecule has 0 unspecified atom stereocenters. The van der Waals surface area contributed by atoms with E-state index >= 15 is 0 Å². The molecule has 22 heavy (non-hydrogen) atoms. The molecule has 0 fully saturated rings. The van der Waals surface area contributed by atoms with Crippen LogP contribution in [-0.2, 0) is 0 Å². The van der Waals surface area contributed by atoms with Crippen LogP contribution in [0.25, 0.3) is 0 Å². The highest BCUT2D eigenvalue weighted by molar-refractivity contribution is 5.94. The third-order valence-corrected chi connectivity index (χ3v) is 3.07. The van der Waals surface area contributed by atoms with E-state index in [2.05, 4.69) is 5.32 Å². The second-order valence-corrected chi connectivity index (χ2v) is 4.48. The van der Waals surface area contributed by atoms with E-state index in [1.54, 1.807) is 38.5 Å². The second kappa shape index (κ2) is 7.93. The summed E-state index contributed by atoms with van der Waals surface area (Å²) in [7, 11) is 3.18. The van der Waals surface area contributed by atoms with Crippen molar-refractivity contribution in [3.8, 4) is 17.2 Å². The summed E-state index contributed by atoms with van der Waals surface area (Å²) in [5.41, 5.74) is 0.582. The van der Waals surface area contributed by atoms with Crippen molar-refractivity contribution in [1.29, 1.82) is 0 Å². The Labute approximate surface area is 129 Å². The Morgan fingerprint density at radius 3 is 2.27 bits per heavy atom. The van der Waals surface area contributed by atoms with Crippen molar-refractivity contribution in [2.24, 2.45) is 0 Å². The molecule has 2 rings (SSSR count). The minimum absolute atomic E-state index is 0.147. The van der Waals surface area contributed by atoms with Crippen LogP contribution in [0.15, 0.2) is 48.5 Å². The average molecular weight is 301 g/mol. The highest BCUT2D eigenvalue weighted by Gasteiger charge is 2.06. The lowest BCUT2D eigenvalue weighted by Crippen LogP contribution is -2.28. The molecule has 0 aliphatic rings. The summed E-state index contributed by atoms with van der Waals surface area (Å²) >= 11 is 0. The average Bonchev–Trinajstić information content (AvgIpc) is 2.59. The quantitative estimate of drug-likeness (QED) is 0.798. The monoisotopic (exact) mass is 301 g/mol. The lowest BCUT2D eigenvalue weighted by molar-refractivity contribution is 0.0947. The van der Waals surface area contributed by atoms with E-state index in [0.717, 1.165) is 5.75 Å². The van der Waals surface area contributed by atoms with E-state index < -0.39 is 0 Å². The first-order valence-electron chi connectivity index (χ1n) is 6.92. The Balaban J connectivity index is 1.79. The predicted molar refractivity (Wildman–Crippen MR) is 83.8 cm³/mol. The van der Waals surface area contributed by atoms with Gasteiger partial charge in [0.1, 0.15) is 12.4 Å². The van der Waals surface area contributed by atoms with Gasteiger partial charge < -0.3 is 19.5 Å². The molecule has 0 bridgehead atoms. The van der Waals surface area contributed by atoms with Gasteiger partial charge in [0.25, 0.3) is 5.91 Å². The molecule has 0 aliphatic heterocycles. The van der Waals surface area contributed by atoms with Crippen molar-refractivity contribution >= 4 is 5.91 Å². The highest BCUT2D eigenvalue weighted by Crippen LogP contribution is 2.25. The first-order chi connectivity index (χ1) is 10.7. The van der Waals surface area contributed by atoms with Crippen LogP contribution in [-0.4, -0.2) is 33.3 Å². The number of carbonyl (C=O) groups excluding carboxylic acids is 1. The first-order valence-corrected chi connectivity index (χ1v) is 6.92. The van der Waals surface area contributed by atoms with Crippen LogP contribution in [0, 0.1) is 0 Å². The predicted octanol–water partition coefficient (Wildman–Crippen LogP) is 2.51. The third-order valence-electron chi connectivity index (χ3n) is 3.07. The zero-order valence-electron chi connectivity index (χ0n) is 12.7. The van der Waals surface area contributed by atoms with E-state index in [9.17, 15) is 4.79 Å². The topological polar surface area (TPSA) is 56.8 Å². The van der Waals surface area contributed by atoms with Crippen LogP contribution in [0.3, 0.4) is 0 Å². The Bertz CT molecular complexity index is 610. The molecule has 0 heterocycles. The largest absolute Gasteiger partial charge is 0.497 e. The maximum absolute atomic E-state index is 11.9. The molecule has 0 saturated carbocycles. The molecule has 1 amide bonds. The molecule has 0 saturated heterocycles. The summed E-state index contributed by atoms with van der Waals surface area (Å²) < 4.78 is 15.8. The van der Waals surface area contributed by atoms with E-state index in [-0.39, 0.29) is 5.91 Å². The van der Waals surface area contributed by atoms with Gasteiger partial charge in [-0.3, -0.25) is 4.79 Å². The van der Waals surface area contributed by atoms with E-state index in [1.165, 1.54) is 0 Å². The van der Waals surface area contributed by atoms with Crippen LogP contribution in [0.5, 0.6) is 17.2 Å². The Hall–Kier alpha value is -2.69. The molecule has 0 radical (unpaired) electrons. The standard InChI is InChI=1S/C17H19NO4/c1-20-14-9-7-13(8-10-14)17(19)18-11-12-22-16-6-4-3-5-15(16)21-2/h3-10H,11-12H2,1-2H3,(H,18,19). The van der Waals surface area contributed by atoms with Crippen LogP contribution in [0.2, 0.25) is 0 Å². The van der Waals surface area contributed by atoms with Gasteiger partial charge in [-0.2, -0.15) is 0 Å². The molecule has 0 aliphatic carbocycles. The number of benzene rings is 2. The fraction of sp³-hybridized carbons (Fsp3) is 0.235. The Morgan fingerprint density at radius 2 is 1.64 bits per heavy atom. The van der Waals surface area contributed by atoms with Crippen LogP contribution in [0.1, 0.15) is 10.4 Å². The van der Waals surface area contributed by atoms with Crippen LogP contribution in [0.4, 0.5) is 0 Å². The first kappa shape index (κ1) is 15.7. The maximum atomic E-state index is 11.9. The summed E-state index contributed by atoms with van der Waals surface area (Å²) in [6.45, 7) is 0.769. The number of nitrogens with one attached hydrogen (secondary N) is 1. The lowest BCUT2D eigenvalue weighted by Gasteiger charge is -2.11. The van der Waals surface area contributed by atoms with Gasteiger partial charge in [-0.15, -0.1) is 0 Å². The molecule has 0 atom stereocenters. The Kier molecular flexibility index (Phi) is 5.65. The number of amides is 1. The van der Waals surface area contributed by atoms with Gasteiger partial charge in [-0.25, -0.2) is 0 Å². The number of ether oxygens (including phenoxy) is 3. The van der Waals surface area contributed by atoms with Crippen LogP contribution < -0.4 is 19.5 Å². The number of hydrogen-bond donors (Lipinski definition) is 1. The number of para-hydroxylation sites is 2. The van der Waals surface area contributed by atoms with Gasteiger partial charge >= 0.3 is 0 Å². The molecule has 2 aromatic rings. The fourth-order valence-electron chi connectivity index (χ4n) is 1.91. The van der Waals surface area contributed by atoms with E-state index in [1.807, 2.05) is 24.3 Å². The third kappa shape index (κ3) is 4.15. The van der Waals surface area contributed by atoms with Gasteiger partial charge in [-0.1, -0.05) is 12.1 Å². The van der Waals surface area contributed by atoms with Gasteiger partial charge in [0, 0.05) is 5.56 Å². The molecular formula is C17H19NO4. The summed E-state index contributed by atoms with van der Waals surface area (Å²) in [5, 5.41) is 2.80. The van der Waals surface area contributed by atoms with Gasteiger partial charge in [0.15, 0.2) is 11.5 Å². The van der Waals surface area contributed by atoms with Gasteiger partial charge in [-0.05, 0) is 36.4 Å². The van der Waals surface area contributed by atoms with Crippen molar-refractivity contribution in [1.82, 2.24) is 5.32 Å².